The summed E-state index contributed by atoms with van der Waals surface area (Å²) in [5.41, 5.74) is 8.31. The maximum absolute atomic E-state index is 13.0. The van der Waals surface area contributed by atoms with Crippen molar-refractivity contribution < 1.29 is 4.39 Å². The molecule has 2 heterocycles. The molecule has 0 radical (unpaired) electrons. The van der Waals surface area contributed by atoms with Crippen LogP contribution < -0.4 is 11.1 Å². The molecule has 0 saturated carbocycles. The lowest BCUT2D eigenvalue weighted by molar-refractivity contribution is 0.628. The van der Waals surface area contributed by atoms with Crippen LogP contribution in [0.5, 0.6) is 0 Å². The van der Waals surface area contributed by atoms with Crippen LogP contribution in [0.1, 0.15) is 5.82 Å². The van der Waals surface area contributed by atoms with Crippen LogP contribution >= 0.6 is 11.8 Å². The van der Waals surface area contributed by atoms with E-state index in [4.69, 9.17) is 5.73 Å². The monoisotopic (exact) mass is 367 g/mol. The van der Waals surface area contributed by atoms with Gasteiger partial charge in [0.15, 0.2) is 5.16 Å². The summed E-state index contributed by atoms with van der Waals surface area (Å²) in [6.07, 6.45) is 0. The SMILES string of the molecule is Nc1nc(CSc2nc3ccccc3[nH]2)nc(Nc2ccc(F)cc2)n1. The number of aromatic amines is 1. The fraction of sp³-hybridized carbons (Fsp3) is 0.0588. The Morgan fingerprint density at radius 1 is 1.00 bits per heavy atom. The first-order valence-corrected chi connectivity index (χ1v) is 8.75. The summed E-state index contributed by atoms with van der Waals surface area (Å²) >= 11 is 1.47. The third-order valence-corrected chi connectivity index (χ3v) is 4.37. The van der Waals surface area contributed by atoms with Gasteiger partial charge in [0.25, 0.3) is 0 Å². The minimum atomic E-state index is -0.311. The Morgan fingerprint density at radius 2 is 1.81 bits per heavy atom. The Hall–Kier alpha value is -3.20. The molecule has 130 valence electrons. The van der Waals surface area contributed by atoms with Crippen LogP contribution in [0.2, 0.25) is 0 Å². The number of hydrogen-bond donors (Lipinski definition) is 3. The van der Waals surface area contributed by atoms with E-state index in [0.717, 1.165) is 16.2 Å². The molecule has 9 heteroatoms. The van der Waals surface area contributed by atoms with E-state index in [9.17, 15) is 4.39 Å². The molecular formula is C17H14FN7S. The maximum Gasteiger partial charge on any atom is 0.232 e. The van der Waals surface area contributed by atoms with Crippen LogP contribution in [0.3, 0.4) is 0 Å². The highest BCUT2D eigenvalue weighted by Gasteiger charge is 2.08. The van der Waals surface area contributed by atoms with Crippen molar-refractivity contribution in [3.63, 3.8) is 0 Å². The van der Waals surface area contributed by atoms with Crippen LogP contribution in [0.25, 0.3) is 11.0 Å². The van der Waals surface area contributed by atoms with Gasteiger partial charge >= 0.3 is 0 Å². The molecule has 0 unspecified atom stereocenters. The first kappa shape index (κ1) is 16.3. The molecule has 0 bridgehead atoms. The Labute approximate surface area is 152 Å². The van der Waals surface area contributed by atoms with Gasteiger partial charge in [-0.15, -0.1) is 0 Å². The minimum absolute atomic E-state index is 0.116. The highest BCUT2D eigenvalue weighted by molar-refractivity contribution is 7.98. The third-order valence-electron chi connectivity index (χ3n) is 3.51. The summed E-state index contributed by atoms with van der Waals surface area (Å²) in [6, 6.07) is 13.7. The molecule has 2 aromatic carbocycles. The normalized spacial score (nSPS) is 11.0. The average Bonchev–Trinajstić information content (AvgIpc) is 3.04. The van der Waals surface area contributed by atoms with Crippen molar-refractivity contribution in [3.8, 4) is 0 Å². The van der Waals surface area contributed by atoms with Crippen LogP contribution in [0.15, 0.2) is 53.7 Å². The molecule has 26 heavy (non-hydrogen) atoms. The van der Waals surface area contributed by atoms with Gasteiger partial charge in [-0.1, -0.05) is 23.9 Å². The van der Waals surface area contributed by atoms with Gasteiger partial charge < -0.3 is 16.0 Å². The number of anilines is 3. The van der Waals surface area contributed by atoms with Gasteiger partial charge in [-0.25, -0.2) is 9.37 Å². The number of nitrogens with two attached hydrogens (primary N) is 1. The highest BCUT2D eigenvalue weighted by Crippen LogP contribution is 2.22. The largest absolute Gasteiger partial charge is 0.368 e. The first-order chi connectivity index (χ1) is 12.7. The van der Waals surface area contributed by atoms with E-state index in [2.05, 4.69) is 30.2 Å². The molecule has 4 rings (SSSR count). The van der Waals surface area contributed by atoms with Gasteiger partial charge in [-0.3, -0.25) is 0 Å². The zero-order valence-electron chi connectivity index (χ0n) is 13.5. The molecule has 0 amide bonds. The summed E-state index contributed by atoms with van der Waals surface area (Å²) in [6.45, 7) is 0. The lowest BCUT2D eigenvalue weighted by atomic mass is 10.3. The molecule has 0 atom stereocenters. The minimum Gasteiger partial charge on any atom is -0.368 e. The van der Waals surface area contributed by atoms with E-state index in [1.54, 1.807) is 12.1 Å². The van der Waals surface area contributed by atoms with Crippen LogP contribution in [-0.2, 0) is 5.75 Å². The molecule has 4 N–H and O–H groups in total. The quantitative estimate of drug-likeness (QED) is 0.464. The number of halogens is 1. The smallest absolute Gasteiger partial charge is 0.232 e. The number of thioether (sulfide) groups is 1. The Balaban J connectivity index is 1.49. The fourth-order valence-electron chi connectivity index (χ4n) is 2.35. The summed E-state index contributed by atoms with van der Waals surface area (Å²) < 4.78 is 13.0. The van der Waals surface area contributed by atoms with E-state index in [1.165, 1.54) is 23.9 Å². The number of imidazole rings is 1. The van der Waals surface area contributed by atoms with Crippen molar-refractivity contribution >= 4 is 40.4 Å². The molecule has 0 aliphatic carbocycles. The maximum atomic E-state index is 13.0. The van der Waals surface area contributed by atoms with Crippen LogP contribution in [0.4, 0.5) is 22.0 Å². The molecule has 0 fully saturated rings. The molecular weight excluding hydrogens is 353 g/mol. The van der Waals surface area contributed by atoms with Gasteiger partial charge in [0.2, 0.25) is 11.9 Å². The molecule has 0 spiro atoms. The number of benzene rings is 2. The predicted molar refractivity (Wildman–Crippen MR) is 99.6 cm³/mol. The van der Waals surface area contributed by atoms with Gasteiger partial charge in [-0.05, 0) is 36.4 Å². The standard InChI is InChI=1S/C17H14FN7S/c18-10-5-7-11(8-6-10)20-16-24-14(23-15(19)25-16)9-26-17-21-12-3-1-2-4-13(12)22-17/h1-8H,9H2,(H,21,22)(H3,19,20,23,24,25). The highest BCUT2D eigenvalue weighted by atomic mass is 32.2. The number of fused-ring (bicyclic) bond motifs is 1. The van der Waals surface area contributed by atoms with E-state index in [0.29, 0.717) is 23.2 Å². The van der Waals surface area contributed by atoms with Gasteiger partial charge in [0.1, 0.15) is 11.6 Å². The number of H-pyrrole nitrogens is 1. The third kappa shape index (κ3) is 3.72. The number of nitrogens with one attached hydrogen (secondary N) is 2. The predicted octanol–water partition coefficient (Wildman–Crippen LogP) is 3.51. The molecule has 0 saturated heterocycles. The second-order valence-electron chi connectivity index (χ2n) is 5.41. The summed E-state index contributed by atoms with van der Waals surface area (Å²) in [4.78, 5) is 20.3. The van der Waals surface area contributed by atoms with E-state index in [1.807, 2.05) is 24.3 Å². The summed E-state index contributed by atoms with van der Waals surface area (Å²) in [5, 5.41) is 3.77. The van der Waals surface area contributed by atoms with Gasteiger partial charge in [0.05, 0.1) is 16.8 Å². The number of nitrogen functional groups attached to an aromatic ring is 1. The fourth-order valence-corrected chi connectivity index (χ4v) is 3.09. The lowest BCUT2D eigenvalue weighted by Crippen LogP contribution is -2.06. The molecule has 0 aliphatic heterocycles. The second kappa shape index (κ2) is 6.96. The van der Waals surface area contributed by atoms with Crippen molar-refractivity contribution in [2.75, 3.05) is 11.1 Å². The number of nitrogens with zero attached hydrogens (tertiary/aromatic N) is 4. The van der Waals surface area contributed by atoms with Crippen molar-refractivity contribution in [1.82, 2.24) is 24.9 Å². The topological polar surface area (TPSA) is 105 Å². The number of rotatable bonds is 5. The van der Waals surface area contributed by atoms with E-state index < -0.39 is 0 Å². The lowest BCUT2D eigenvalue weighted by Gasteiger charge is -2.07. The number of hydrogen-bond acceptors (Lipinski definition) is 7. The summed E-state index contributed by atoms with van der Waals surface area (Å²) in [5.74, 6) is 1.11. The number of para-hydroxylation sites is 2. The molecule has 0 aliphatic rings. The van der Waals surface area contributed by atoms with E-state index in [-0.39, 0.29) is 11.8 Å². The van der Waals surface area contributed by atoms with Crippen LogP contribution in [0, 0.1) is 5.82 Å². The zero-order valence-corrected chi connectivity index (χ0v) is 14.3. The molecule has 4 aromatic rings. The summed E-state index contributed by atoms with van der Waals surface area (Å²) in [7, 11) is 0. The zero-order chi connectivity index (χ0) is 17.9. The van der Waals surface area contributed by atoms with Crippen molar-refractivity contribution in [2.45, 2.75) is 10.9 Å². The molecule has 2 aromatic heterocycles. The van der Waals surface area contributed by atoms with E-state index >= 15 is 0 Å². The Kier molecular flexibility index (Phi) is 4.36. The Morgan fingerprint density at radius 3 is 2.62 bits per heavy atom. The second-order valence-corrected chi connectivity index (χ2v) is 6.38. The van der Waals surface area contributed by atoms with Gasteiger partial charge in [-0.2, -0.15) is 15.0 Å². The van der Waals surface area contributed by atoms with Crippen molar-refractivity contribution in [1.29, 1.82) is 0 Å². The number of aromatic nitrogens is 5. The van der Waals surface area contributed by atoms with Gasteiger partial charge in [0, 0.05) is 5.69 Å². The molecule has 7 nitrogen and oxygen atoms in total. The first-order valence-electron chi connectivity index (χ1n) is 7.76. The van der Waals surface area contributed by atoms with Crippen molar-refractivity contribution in [2.24, 2.45) is 0 Å². The van der Waals surface area contributed by atoms with Crippen molar-refractivity contribution in [3.05, 3.63) is 60.2 Å². The average molecular weight is 367 g/mol. The van der Waals surface area contributed by atoms with Crippen LogP contribution in [-0.4, -0.2) is 24.9 Å². The Bertz CT molecular complexity index is 1020.